The Morgan fingerprint density at radius 1 is 1.25 bits per heavy atom. The van der Waals surface area contributed by atoms with Crippen molar-refractivity contribution in [2.24, 2.45) is 5.14 Å². The van der Waals surface area contributed by atoms with Gasteiger partial charge in [0, 0.05) is 25.1 Å². The molecular weight excluding hydrogens is 328 g/mol. The molecule has 0 spiro atoms. The van der Waals surface area contributed by atoms with E-state index in [0.29, 0.717) is 19.1 Å². The summed E-state index contributed by atoms with van der Waals surface area (Å²) in [4.78, 5) is 8.67. The van der Waals surface area contributed by atoms with Crippen molar-refractivity contribution in [3.05, 3.63) is 47.9 Å². The van der Waals surface area contributed by atoms with Crippen LogP contribution in [0, 0.1) is 0 Å². The van der Waals surface area contributed by atoms with Gasteiger partial charge in [-0.2, -0.15) is 0 Å². The van der Waals surface area contributed by atoms with Crippen LogP contribution in [0.4, 0.5) is 5.82 Å². The Balaban J connectivity index is 1.55. The van der Waals surface area contributed by atoms with Crippen molar-refractivity contribution in [2.75, 3.05) is 25.1 Å². The number of sulfonamides is 1. The molecule has 0 aliphatic carbocycles. The summed E-state index contributed by atoms with van der Waals surface area (Å²) in [5.41, 5.74) is 2.02. The van der Waals surface area contributed by atoms with E-state index in [1.807, 2.05) is 6.07 Å². The standard InChI is InChI=1S/C16H20N4O3S/c17-24(21,22)14-3-1-12(2-4-14)5-7-18-16-9-15(19-11-20-16)13-6-8-23-10-13/h1-4,9,11,13H,5-8,10H2,(H2,17,21,22)(H,18,19,20)/t13-/m1/s1. The highest BCUT2D eigenvalue weighted by molar-refractivity contribution is 7.89. The predicted molar refractivity (Wildman–Crippen MR) is 90.2 cm³/mol. The molecule has 1 aliphatic heterocycles. The van der Waals surface area contributed by atoms with Crippen molar-refractivity contribution in [1.82, 2.24) is 9.97 Å². The third kappa shape index (κ3) is 4.28. The number of nitrogens with one attached hydrogen (secondary N) is 1. The first-order valence-electron chi connectivity index (χ1n) is 7.78. The Morgan fingerprint density at radius 2 is 2.04 bits per heavy atom. The minimum atomic E-state index is -3.64. The first-order chi connectivity index (χ1) is 11.5. The summed E-state index contributed by atoms with van der Waals surface area (Å²) in [6.07, 6.45) is 3.31. The molecule has 1 aromatic heterocycles. The molecule has 128 valence electrons. The van der Waals surface area contributed by atoms with Crippen LogP contribution in [0.15, 0.2) is 41.6 Å². The third-order valence-corrected chi connectivity index (χ3v) is 4.94. The Hall–Kier alpha value is -2.03. The maximum Gasteiger partial charge on any atom is 0.238 e. The van der Waals surface area contributed by atoms with Gasteiger partial charge < -0.3 is 10.1 Å². The average molecular weight is 348 g/mol. The molecular formula is C16H20N4O3S. The molecule has 1 aromatic carbocycles. The topological polar surface area (TPSA) is 107 Å². The lowest BCUT2D eigenvalue weighted by Gasteiger charge is -2.10. The second-order valence-corrected chi connectivity index (χ2v) is 7.32. The number of aromatic nitrogens is 2. The molecule has 1 saturated heterocycles. The third-order valence-electron chi connectivity index (χ3n) is 4.01. The van der Waals surface area contributed by atoms with Gasteiger partial charge in [-0.3, -0.25) is 0 Å². The molecule has 3 rings (SSSR count). The molecule has 0 unspecified atom stereocenters. The van der Waals surface area contributed by atoms with Crippen LogP contribution >= 0.6 is 0 Å². The Kier molecular flexibility index (Phi) is 5.08. The molecule has 2 heterocycles. The molecule has 0 radical (unpaired) electrons. The van der Waals surface area contributed by atoms with E-state index in [1.54, 1.807) is 18.5 Å². The maximum absolute atomic E-state index is 11.2. The number of ether oxygens (including phenoxy) is 1. The van der Waals surface area contributed by atoms with E-state index < -0.39 is 10.0 Å². The van der Waals surface area contributed by atoms with Crippen molar-refractivity contribution in [3.8, 4) is 0 Å². The molecule has 0 amide bonds. The number of benzene rings is 1. The fourth-order valence-electron chi connectivity index (χ4n) is 2.64. The van der Waals surface area contributed by atoms with Crippen LogP contribution in [-0.2, 0) is 21.2 Å². The van der Waals surface area contributed by atoms with Gasteiger partial charge in [-0.15, -0.1) is 0 Å². The summed E-state index contributed by atoms with van der Waals surface area (Å²) in [7, 11) is -3.64. The molecule has 24 heavy (non-hydrogen) atoms. The van der Waals surface area contributed by atoms with Crippen LogP contribution in [0.2, 0.25) is 0 Å². The number of hydrogen-bond donors (Lipinski definition) is 2. The van der Waals surface area contributed by atoms with Gasteiger partial charge in [0.25, 0.3) is 0 Å². The highest BCUT2D eigenvalue weighted by Gasteiger charge is 2.19. The smallest absolute Gasteiger partial charge is 0.238 e. The van der Waals surface area contributed by atoms with Crippen LogP contribution in [0.3, 0.4) is 0 Å². The molecule has 2 aromatic rings. The van der Waals surface area contributed by atoms with E-state index in [9.17, 15) is 8.42 Å². The Bertz CT molecular complexity index is 787. The summed E-state index contributed by atoms with van der Waals surface area (Å²) in [5.74, 6) is 1.13. The van der Waals surface area contributed by atoms with Crippen molar-refractivity contribution < 1.29 is 13.2 Å². The van der Waals surface area contributed by atoms with Gasteiger partial charge in [-0.25, -0.2) is 23.5 Å². The Labute approximate surface area is 141 Å². The minimum Gasteiger partial charge on any atom is -0.381 e. The predicted octanol–water partition coefficient (Wildman–Crippen LogP) is 1.28. The molecule has 1 atom stereocenters. The summed E-state index contributed by atoms with van der Waals surface area (Å²) in [6.45, 7) is 2.19. The van der Waals surface area contributed by atoms with Crippen LogP contribution in [-0.4, -0.2) is 38.1 Å². The molecule has 8 heteroatoms. The summed E-state index contributed by atoms with van der Waals surface area (Å²) in [5, 5.41) is 8.35. The zero-order valence-corrected chi connectivity index (χ0v) is 14.0. The normalized spacial score (nSPS) is 17.8. The number of nitrogens with two attached hydrogens (primary N) is 1. The first kappa shape index (κ1) is 16.8. The molecule has 0 saturated carbocycles. The van der Waals surface area contributed by atoms with E-state index in [4.69, 9.17) is 9.88 Å². The van der Waals surface area contributed by atoms with Crippen molar-refractivity contribution in [1.29, 1.82) is 0 Å². The van der Waals surface area contributed by atoms with Gasteiger partial charge in [0.15, 0.2) is 0 Å². The van der Waals surface area contributed by atoms with Crippen LogP contribution < -0.4 is 10.5 Å². The van der Waals surface area contributed by atoms with Gasteiger partial charge in [-0.05, 0) is 30.5 Å². The van der Waals surface area contributed by atoms with Gasteiger partial charge in [0.05, 0.1) is 17.2 Å². The van der Waals surface area contributed by atoms with E-state index >= 15 is 0 Å². The molecule has 1 aliphatic rings. The summed E-state index contributed by atoms with van der Waals surface area (Å²) >= 11 is 0. The van der Waals surface area contributed by atoms with E-state index in [2.05, 4.69) is 15.3 Å². The fraction of sp³-hybridized carbons (Fsp3) is 0.375. The highest BCUT2D eigenvalue weighted by Crippen LogP contribution is 2.24. The number of anilines is 1. The number of nitrogens with zero attached hydrogens (tertiary/aromatic N) is 2. The number of hydrogen-bond acceptors (Lipinski definition) is 6. The van der Waals surface area contributed by atoms with Crippen LogP contribution in [0.5, 0.6) is 0 Å². The molecule has 3 N–H and O–H groups in total. The van der Waals surface area contributed by atoms with Gasteiger partial charge in [-0.1, -0.05) is 12.1 Å². The van der Waals surface area contributed by atoms with E-state index in [1.165, 1.54) is 12.1 Å². The summed E-state index contributed by atoms with van der Waals surface area (Å²) in [6, 6.07) is 8.54. The van der Waals surface area contributed by atoms with Crippen molar-refractivity contribution in [3.63, 3.8) is 0 Å². The molecule has 0 bridgehead atoms. The van der Waals surface area contributed by atoms with Gasteiger partial charge in [0.2, 0.25) is 10.0 Å². The molecule has 7 nitrogen and oxygen atoms in total. The van der Waals surface area contributed by atoms with Gasteiger partial charge in [0.1, 0.15) is 12.1 Å². The van der Waals surface area contributed by atoms with E-state index in [0.717, 1.165) is 36.5 Å². The average Bonchev–Trinajstić information content (AvgIpc) is 3.09. The monoisotopic (exact) mass is 348 g/mol. The van der Waals surface area contributed by atoms with E-state index in [-0.39, 0.29) is 4.90 Å². The molecule has 1 fully saturated rings. The van der Waals surface area contributed by atoms with Gasteiger partial charge >= 0.3 is 0 Å². The SMILES string of the molecule is NS(=O)(=O)c1ccc(CCNc2cc([C@@H]3CCOC3)ncn2)cc1. The largest absolute Gasteiger partial charge is 0.381 e. The second-order valence-electron chi connectivity index (χ2n) is 5.75. The van der Waals surface area contributed by atoms with Crippen LogP contribution in [0.25, 0.3) is 0 Å². The van der Waals surface area contributed by atoms with Crippen molar-refractivity contribution >= 4 is 15.8 Å². The second kappa shape index (κ2) is 7.25. The number of rotatable bonds is 6. The van der Waals surface area contributed by atoms with Crippen molar-refractivity contribution in [2.45, 2.75) is 23.7 Å². The summed E-state index contributed by atoms with van der Waals surface area (Å²) < 4.78 is 27.8. The quantitative estimate of drug-likeness (QED) is 0.814. The lowest BCUT2D eigenvalue weighted by Crippen LogP contribution is -2.12. The number of primary sulfonamides is 1. The Morgan fingerprint density at radius 3 is 2.71 bits per heavy atom. The zero-order valence-electron chi connectivity index (χ0n) is 13.2. The first-order valence-corrected chi connectivity index (χ1v) is 9.32. The minimum absolute atomic E-state index is 0.124. The zero-order chi connectivity index (χ0) is 17.0. The fourth-order valence-corrected chi connectivity index (χ4v) is 3.16. The lowest BCUT2D eigenvalue weighted by molar-refractivity contribution is 0.193. The maximum atomic E-state index is 11.2. The van der Waals surface area contributed by atoms with Crippen LogP contribution in [0.1, 0.15) is 23.6 Å². The highest BCUT2D eigenvalue weighted by atomic mass is 32.2. The lowest BCUT2D eigenvalue weighted by atomic mass is 10.1.